The van der Waals surface area contributed by atoms with Crippen molar-refractivity contribution in [3.63, 3.8) is 0 Å². The number of aromatic nitrogens is 2. The van der Waals surface area contributed by atoms with Crippen LogP contribution in [0.2, 0.25) is 0 Å². The fourth-order valence-electron chi connectivity index (χ4n) is 3.71. The van der Waals surface area contributed by atoms with Crippen molar-refractivity contribution in [2.45, 2.75) is 44.6 Å². The second kappa shape index (κ2) is 5.45. The van der Waals surface area contributed by atoms with Gasteiger partial charge in [0, 0.05) is 38.2 Å². The predicted octanol–water partition coefficient (Wildman–Crippen LogP) is 1.80. The minimum atomic E-state index is 0.330. The standard InChI is InChI=1S/C15H23N3O/c1-17-11-12(10-16-17)7-9-18-8-3-5-14(18)13-4-2-6-15(13)19/h10-11,13-14H,2-9H2,1H3. The first-order valence-electron chi connectivity index (χ1n) is 7.48. The second-order valence-electron chi connectivity index (χ2n) is 5.98. The third-order valence-electron chi connectivity index (χ3n) is 4.68. The molecule has 2 aliphatic rings. The summed E-state index contributed by atoms with van der Waals surface area (Å²) in [6, 6.07) is 0.520. The molecule has 0 amide bonds. The van der Waals surface area contributed by atoms with Crippen molar-refractivity contribution in [2.24, 2.45) is 13.0 Å². The van der Waals surface area contributed by atoms with Crippen molar-refractivity contribution in [3.8, 4) is 0 Å². The largest absolute Gasteiger partial charge is 0.299 e. The molecule has 2 heterocycles. The molecule has 1 aliphatic heterocycles. The average Bonchev–Trinajstić information content (AvgIpc) is 3.07. The number of rotatable bonds is 4. The van der Waals surface area contributed by atoms with Crippen LogP contribution in [0.4, 0.5) is 0 Å². The van der Waals surface area contributed by atoms with E-state index in [0.29, 0.717) is 17.7 Å². The number of hydrogen-bond donors (Lipinski definition) is 0. The van der Waals surface area contributed by atoms with Crippen LogP contribution in [0.3, 0.4) is 0 Å². The number of ketones is 1. The van der Waals surface area contributed by atoms with E-state index in [9.17, 15) is 4.79 Å². The lowest BCUT2D eigenvalue weighted by Crippen LogP contribution is -2.38. The molecule has 1 saturated heterocycles. The fourth-order valence-corrected chi connectivity index (χ4v) is 3.71. The maximum atomic E-state index is 11.9. The Morgan fingerprint density at radius 1 is 1.37 bits per heavy atom. The van der Waals surface area contributed by atoms with E-state index < -0.39 is 0 Å². The van der Waals surface area contributed by atoms with Crippen molar-refractivity contribution in [3.05, 3.63) is 18.0 Å². The van der Waals surface area contributed by atoms with Crippen molar-refractivity contribution < 1.29 is 4.79 Å². The van der Waals surface area contributed by atoms with Crippen LogP contribution in [0, 0.1) is 5.92 Å². The highest BCUT2D eigenvalue weighted by atomic mass is 16.1. The number of carbonyl (C=O) groups excluding carboxylic acids is 1. The Hall–Kier alpha value is -1.16. The van der Waals surface area contributed by atoms with Crippen LogP contribution >= 0.6 is 0 Å². The van der Waals surface area contributed by atoms with E-state index in [1.807, 2.05) is 17.9 Å². The van der Waals surface area contributed by atoms with Crippen LogP contribution in [-0.2, 0) is 18.3 Å². The number of carbonyl (C=O) groups is 1. The summed E-state index contributed by atoms with van der Waals surface area (Å²) in [6.45, 7) is 2.23. The highest BCUT2D eigenvalue weighted by Crippen LogP contribution is 2.33. The van der Waals surface area contributed by atoms with Crippen LogP contribution in [0.5, 0.6) is 0 Å². The van der Waals surface area contributed by atoms with Gasteiger partial charge in [-0.25, -0.2) is 0 Å². The van der Waals surface area contributed by atoms with Gasteiger partial charge < -0.3 is 0 Å². The highest BCUT2D eigenvalue weighted by Gasteiger charge is 2.37. The Bertz CT molecular complexity index is 454. The van der Waals surface area contributed by atoms with Crippen LogP contribution in [0.25, 0.3) is 0 Å². The van der Waals surface area contributed by atoms with Crippen LogP contribution in [-0.4, -0.2) is 39.6 Å². The molecule has 19 heavy (non-hydrogen) atoms. The van der Waals surface area contributed by atoms with Gasteiger partial charge >= 0.3 is 0 Å². The van der Waals surface area contributed by atoms with Crippen molar-refractivity contribution in [1.29, 1.82) is 0 Å². The molecule has 2 unspecified atom stereocenters. The average molecular weight is 261 g/mol. The molecule has 4 nitrogen and oxygen atoms in total. The first-order chi connectivity index (χ1) is 9.24. The Balaban J connectivity index is 1.58. The molecular formula is C15H23N3O. The quantitative estimate of drug-likeness (QED) is 0.829. The summed E-state index contributed by atoms with van der Waals surface area (Å²) in [4.78, 5) is 14.5. The minimum absolute atomic E-state index is 0.330. The maximum Gasteiger partial charge on any atom is 0.137 e. The number of hydrogen-bond acceptors (Lipinski definition) is 3. The molecule has 0 radical (unpaired) electrons. The number of nitrogens with zero attached hydrogens (tertiary/aromatic N) is 3. The van der Waals surface area contributed by atoms with E-state index in [4.69, 9.17) is 0 Å². The summed E-state index contributed by atoms with van der Waals surface area (Å²) in [5.41, 5.74) is 1.30. The van der Waals surface area contributed by atoms with Crippen molar-refractivity contribution in [1.82, 2.24) is 14.7 Å². The van der Waals surface area contributed by atoms with Gasteiger partial charge in [0.15, 0.2) is 0 Å². The molecule has 104 valence electrons. The van der Waals surface area contributed by atoms with E-state index in [0.717, 1.165) is 38.8 Å². The van der Waals surface area contributed by atoms with Gasteiger partial charge in [0.2, 0.25) is 0 Å². The molecule has 0 N–H and O–H groups in total. The molecule has 0 bridgehead atoms. The second-order valence-corrected chi connectivity index (χ2v) is 5.98. The molecule has 3 rings (SSSR count). The zero-order valence-corrected chi connectivity index (χ0v) is 11.7. The monoisotopic (exact) mass is 261 g/mol. The summed E-state index contributed by atoms with van der Waals surface area (Å²) in [6.07, 6.45) is 10.6. The molecule has 1 aromatic heterocycles. The van der Waals surface area contributed by atoms with Crippen LogP contribution in [0.1, 0.15) is 37.7 Å². The van der Waals surface area contributed by atoms with Crippen molar-refractivity contribution in [2.75, 3.05) is 13.1 Å². The molecular weight excluding hydrogens is 238 g/mol. The van der Waals surface area contributed by atoms with Gasteiger partial charge in [0.1, 0.15) is 5.78 Å². The lowest BCUT2D eigenvalue weighted by atomic mass is 9.95. The van der Waals surface area contributed by atoms with E-state index in [2.05, 4.69) is 16.2 Å². The van der Waals surface area contributed by atoms with Gasteiger partial charge in [-0.05, 0) is 44.2 Å². The summed E-state index contributed by atoms with van der Waals surface area (Å²) < 4.78 is 1.86. The first-order valence-corrected chi connectivity index (χ1v) is 7.48. The normalized spacial score (nSPS) is 28.4. The maximum absolute atomic E-state index is 11.9. The lowest BCUT2D eigenvalue weighted by Gasteiger charge is -2.28. The Morgan fingerprint density at radius 3 is 2.95 bits per heavy atom. The number of likely N-dealkylation sites (tertiary alicyclic amines) is 1. The topological polar surface area (TPSA) is 38.1 Å². The van der Waals surface area contributed by atoms with Gasteiger partial charge in [-0.15, -0.1) is 0 Å². The van der Waals surface area contributed by atoms with E-state index >= 15 is 0 Å². The molecule has 0 aromatic carbocycles. The lowest BCUT2D eigenvalue weighted by molar-refractivity contribution is -0.122. The smallest absolute Gasteiger partial charge is 0.137 e. The molecule has 1 saturated carbocycles. The molecule has 1 aliphatic carbocycles. The molecule has 1 aromatic rings. The number of aryl methyl sites for hydroxylation is 1. The highest BCUT2D eigenvalue weighted by molar-refractivity contribution is 5.83. The van der Waals surface area contributed by atoms with E-state index in [1.165, 1.54) is 18.4 Å². The van der Waals surface area contributed by atoms with Gasteiger partial charge in [-0.2, -0.15) is 5.10 Å². The van der Waals surface area contributed by atoms with Gasteiger partial charge in [0.05, 0.1) is 6.20 Å². The van der Waals surface area contributed by atoms with Crippen molar-refractivity contribution >= 4 is 5.78 Å². The van der Waals surface area contributed by atoms with Gasteiger partial charge in [0.25, 0.3) is 0 Å². The zero-order chi connectivity index (χ0) is 13.2. The van der Waals surface area contributed by atoms with Crippen LogP contribution < -0.4 is 0 Å². The third-order valence-corrected chi connectivity index (χ3v) is 4.68. The fraction of sp³-hybridized carbons (Fsp3) is 0.733. The van der Waals surface area contributed by atoms with Crippen LogP contribution in [0.15, 0.2) is 12.4 Å². The molecule has 2 atom stereocenters. The SMILES string of the molecule is Cn1cc(CCN2CCCC2C2CCCC2=O)cn1. The first kappa shape index (κ1) is 12.9. The summed E-state index contributed by atoms with van der Waals surface area (Å²) in [5.74, 6) is 0.842. The van der Waals surface area contributed by atoms with E-state index in [-0.39, 0.29) is 0 Å². The Labute approximate surface area is 114 Å². The molecule has 2 fully saturated rings. The van der Waals surface area contributed by atoms with Gasteiger partial charge in [-0.3, -0.25) is 14.4 Å². The third kappa shape index (κ3) is 2.73. The minimum Gasteiger partial charge on any atom is -0.299 e. The number of Topliss-reactive ketones (excluding diaryl/α,β-unsaturated/α-hetero) is 1. The van der Waals surface area contributed by atoms with E-state index in [1.54, 1.807) is 0 Å². The summed E-state index contributed by atoms with van der Waals surface area (Å²) in [7, 11) is 1.96. The Morgan fingerprint density at radius 2 is 2.26 bits per heavy atom. The predicted molar refractivity (Wildman–Crippen MR) is 73.9 cm³/mol. The van der Waals surface area contributed by atoms with Gasteiger partial charge in [-0.1, -0.05) is 0 Å². The zero-order valence-electron chi connectivity index (χ0n) is 11.7. The molecule has 4 heteroatoms. The summed E-state index contributed by atoms with van der Waals surface area (Å²) >= 11 is 0. The summed E-state index contributed by atoms with van der Waals surface area (Å²) in [5, 5.41) is 4.21. The Kier molecular flexibility index (Phi) is 3.69. The molecule has 0 spiro atoms.